The van der Waals surface area contributed by atoms with Crippen molar-refractivity contribution in [2.45, 2.75) is 241 Å². The van der Waals surface area contributed by atoms with Crippen LogP contribution in [0.15, 0.2) is 165 Å². The van der Waals surface area contributed by atoms with Gasteiger partial charge in [-0.2, -0.15) is 5.26 Å². The van der Waals surface area contributed by atoms with E-state index in [0.717, 1.165) is 45.3 Å². The normalized spacial score (nSPS) is 10.7. The number of nitrogens with one attached hydrogen (secondary N) is 1. The molecule has 139 heavy (non-hydrogen) atoms. The number of esters is 5. The Hall–Kier alpha value is -13.3. The first-order valence-electron chi connectivity index (χ1n) is 48.0. The highest BCUT2D eigenvalue weighted by molar-refractivity contribution is 5.97. The summed E-state index contributed by atoms with van der Waals surface area (Å²) in [4.78, 5) is 132. The van der Waals surface area contributed by atoms with E-state index in [2.05, 4.69) is 45.4 Å². The maximum Gasteiger partial charge on any atom is 0.346 e. The van der Waals surface area contributed by atoms with Gasteiger partial charge in [0.25, 0.3) is 11.1 Å². The smallest absolute Gasteiger partial charge is 0.346 e. The summed E-state index contributed by atoms with van der Waals surface area (Å²) in [5, 5.41) is 24.7. The lowest BCUT2D eigenvalue weighted by Crippen LogP contribution is -2.40. The van der Waals surface area contributed by atoms with Gasteiger partial charge in [-0.15, -0.1) is 0 Å². The lowest BCUT2D eigenvalue weighted by molar-refractivity contribution is -0.143. The number of nitriles is 1. The van der Waals surface area contributed by atoms with E-state index < -0.39 is 35.4 Å². The van der Waals surface area contributed by atoms with Crippen molar-refractivity contribution in [3.8, 4) is 17.6 Å². The van der Waals surface area contributed by atoms with Crippen LogP contribution in [-0.2, 0) is 71.6 Å². The molecule has 0 bridgehead atoms. The van der Waals surface area contributed by atoms with Crippen LogP contribution in [0, 0.1) is 11.3 Å². The van der Waals surface area contributed by atoms with E-state index in [1.54, 1.807) is 208 Å². The van der Waals surface area contributed by atoms with Crippen LogP contribution in [0.25, 0.3) is 32.7 Å². The number of carboxylic acids is 1. The number of nitrogen functional groups attached to an aromatic ring is 2. The van der Waals surface area contributed by atoms with Crippen molar-refractivity contribution in [3.63, 3.8) is 0 Å². The van der Waals surface area contributed by atoms with Crippen LogP contribution in [0.3, 0.4) is 0 Å². The zero-order chi connectivity index (χ0) is 103. The molecule has 1 aliphatic heterocycles. The average Bonchev–Trinajstić information content (AvgIpc) is 1.08. The number of hydrogen-bond donors (Lipinski definition) is 5. The molecule has 0 saturated carbocycles. The van der Waals surface area contributed by atoms with Gasteiger partial charge in [0.15, 0.2) is 0 Å². The summed E-state index contributed by atoms with van der Waals surface area (Å²) in [6, 6.07) is 38.8. The van der Waals surface area contributed by atoms with E-state index >= 15 is 0 Å². The van der Waals surface area contributed by atoms with Crippen LogP contribution < -0.4 is 58.9 Å². The number of hydrogen-bond acceptors (Lipinski definition) is 30. The van der Waals surface area contributed by atoms with Crippen molar-refractivity contribution in [2.75, 3.05) is 136 Å². The quantitative estimate of drug-likeness (QED) is 0.00450. The van der Waals surface area contributed by atoms with Crippen molar-refractivity contribution in [1.82, 2.24) is 29.3 Å². The van der Waals surface area contributed by atoms with Crippen LogP contribution >= 0.6 is 0 Å². The monoisotopic (exact) mass is 1930 g/mol. The summed E-state index contributed by atoms with van der Waals surface area (Å²) in [7, 11) is 13.5. The van der Waals surface area contributed by atoms with E-state index in [-0.39, 0.29) is 66.8 Å². The topological polar surface area (TPSA) is 459 Å². The number of anilines is 3. The molecule has 34 heteroatoms. The number of para-hydroxylation sites is 4. The standard InChI is InChI=1S/C34H48N4O5.C22H37NO3.C14H17N3O3.C12H11NO4.C8H14O3.C7H7NO2.C4H8O.C2H8N2.C2H3N/c1-5-6-7-8-9-10-11-12-13-14-15-18-23-43-34(41)26-21-22-30(42-4)29(24-26)36-32(39)25-31-35-28-20-17-16-19-27(28)33(40)38(31)37(2)3;1-3-4-5-6-7-8-9-10-11-12-13-14-17-26-22(24)19-15-16-21(25-2)20(23)18-19;1-4-20-13(18)9-12-15-11-8-6-5-7-10(11)14(19)17(12)16(2)3;1-2-16-11(14)7-10-13-9-6-4-3-5-8(9)12(15)17-10;1-4-10-7(3)6-8(9)11-5-2;8-6-4-2-1-3-5(6)7(9)10;1-2-4-5-3-1;1-4(2)3;1-2-3/h16-17,19-22,24H,5-15,18,23,25H2,1-4H3,(H,36,39);15-16,18H,3-14,17,23H2,1-2H3;5-8H,4,9H2,1-3H3;3-6H,2,7H2,1H3;3-6H2,1-2H3;1-4H,8H2,(H,9,10);1-4H2;3H2,1-2H3;1H3. The van der Waals surface area contributed by atoms with Crippen LogP contribution in [-0.4, -0.2) is 186 Å². The third-order valence-electron chi connectivity index (χ3n) is 20.2. The average molecular weight is 1930 g/mol. The van der Waals surface area contributed by atoms with E-state index in [9.17, 15) is 47.9 Å². The fourth-order valence-electron chi connectivity index (χ4n) is 13.6. The molecule has 0 aliphatic carbocycles. The first kappa shape index (κ1) is 122. The van der Waals surface area contributed by atoms with Crippen molar-refractivity contribution in [2.24, 2.45) is 5.84 Å². The number of carboxylic acid groups (broad SMARTS) is 1. The molecule has 0 atom stereocenters. The highest BCUT2D eigenvalue weighted by Gasteiger charge is 2.21. The summed E-state index contributed by atoms with van der Waals surface area (Å²) >= 11 is 0. The van der Waals surface area contributed by atoms with Gasteiger partial charge in [-0.05, 0) is 138 Å². The number of hydrazine groups is 1. The number of nitrogens with zero attached hydrogens (tertiary/aromatic N) is 9. The Morgan fingerprint density at radius 3 is 1.24 bits per heavy atom. The Balaban J connectivity index is 0.000000585. The van der Waals surface area contributed by atoms with Crippen molar-refractivity contribution in [3.05, 3.63) is 211 Å². The number of nitrogens with two attached hydrogens (primary N) is 3. The molecular formula is C105H153N13O21. The second kappa shape index (κ2) is 73.9. The predicted molar refractivity (Wildman–Crippen MR) is 548 cm³/mol. The van der Waals surface area contributed by atoms with Gasteiger partial charge in [0.2, 0.25) is 11.8 Å². The molecule has 1 aliphatic rings. The maximum atomic E-state index is 13.1. The molecule has 764 valence electrons. The van der Waals surface area contributed by atoms with Gasteiger partial charge in [0.1, 0.15) is 42.4 Å². The molecular weight excluding hydrogens is 1780 g/mol. The molecule has 9 aromatic rings. The van der Waals surface area contributed by atoms with Crippen molar-refractivity contribution < 1.29 is 85.7 Å². The van der Waals surface area contributed by atoms with E-state index in [0.29, 0.717) is 123 Å². The second-order valence-corrected chi connectivity index (χ2v) is 32.4. The molecule has 34 nitrogen and oxygen atoms in total. The van der Waals surface area contributed by atoms with Gasteiger partial charge in [-0.3, -0.25) is 39.6 Å². The second-order valence-electron chi connectivity index (χ2n) is 32.4. The molecule has 6 aromatic carbocycles. The number of aromatic carboxylic acids is 1. The Morgan fingerprint density at radius 2 is 0.849 bits per heavy atom. The predicted octanol–water partition coefficient (Wildman–Crippen LogP) is 18.0. The molecule has 1 amide bonds. The zero-order valence-electron chi connectivity index (χ0n) is 84.6. The number of methoxy groups -OCH3 is 2. The summed E-state index contributed by atoms with van der Waals surface area (Å²) in [5.41, 5.74) is 13.9. The Morgan fingerprint density at radius 1 is 0.475 bits per heavy atom. The van der Waals surface area contributed by atoms with Crippen LogP contribution in [0.1, 0.15) is 270 Å². The number of benzene rings is 6. The minimum absolute atomic E-state index is 0.0356. The van der Waals surface area contributed by atoms with Crippen LogP contribution in [0.4, 0.5) is 17.1 Å². The summed E-state index contributed by atoms with van der Waals surface area (Å²) in [6.07, 6.45) is 32.8. The number of carbonyl (C=O) groups is 7. The highest BCUT2D eigenvalue weighted by atomic mass is 16.6. The highest BCUT2D eigenvalue weighted by Crippen LogP contribution is 2.28. The fraction of sp³-hybridized carbons (Fsp3) is 0.505. The van der Waals surface area contributed by atoms with Gasteiger partial charge >= 0.3 is 41.4 Å². The minimum atomic E-state index is -0.988. The molecule has 0 spiro atoms. The van der Waals surface area contributed by atoms with Gasteiger partial charge in [-0.1, -0.05) is 210 Å². The number of aromatic nitrogens is 5. The molecule has 0 radical (unpaired) electrons. The number of fused-ring (bicyclic) bond motifs is 3. The van der Waals surface area contributed by atoms with E-state index in [1.165, 1.54) is 169 Å². The number of carbonyl (C=O) groups excluding carboxylic acids is 6. The molecule has 8 N–H and O–H groups in total. The van der Waals surface area contributed by atoms with Crippen molar-refractivity contribution in [1.29, 1.82) is 5.26 Å². The Bertz CT molecular complexity index is 5310. The number of ether oxygens (including phenoxy) is 9. The van der Waals surface area contributed by atoms with Crippen molar-refractivity contribution >= 4 is 91.5 Å². The summed E-state index contributed by atoms with van der Waals surface area (Å²) < 4.78 is 53.3. The maximum absolute atomic E-state index is 13.1. The van der Waals surface area contributed by atoms with Crippen LogP contribution in [0.2, 0.25) is 0 Å². The number of unbranched alkanes of at least 4 members (excludes halogenated alkanes) is 22. The molecule has 0 unspecified atom stereocenters. The molecule has 1 saturated heterocycles. The Kier molecular flexibility index (Phi) is 64.8. The fourth-order valence-corrected chi connectivity index (χ4v) is 13.6. The molecule has 10 rings (SSSR count). The van der Waals surface area contributed by atoms with Gasteiger partial charge < -0.3 is 79.0 Å². The number of rotatable bonds is 47. The lowest BCUT2D eigenvalue weighted by Gasteiger charge is -2.20. The zero-order valence-corrected chi connectivity index (χ0v) is 84.6. The largest absolute Gasteiger partial charge is 0.498 e. The van der Waals surface area contributed by atoms with Gasteiger partial charge in [0, 0.05) is 68.1 Å². The van der Waals surface area contributed by atoms with Gasteiger partial charge in [0.05, 0.1) is 133 Å². The van der Waals surface area contributed by atoms with Crippen LogP contribution in [0.5, 0.6) is 11.5 Å². The molecule has 3 aromatic heterocycles. The first-order chi connectivity index (χ1) is 66.8. The minimum Gasteiger partial charge on any atom is -0.498 e. The summed E-state index contributed by atoms with van der Waals surface area (Å²) in [5.74, 6) is 3.83. The third kappa shape index (κ3) is 51.1. The third-order valence-corrected chi connectivity index (χ3v) is 20.2. The molecule has 1 fully saturated rings. The van der Waals surface area contributed by atoms with E-state index in [1.807, 2.05) is 13.0 Å². The van der Waals surface area contributed by atoms with Gasteiger partial charge in [-0.25, -0.2) is 43.5 Å². The number of amides is 1. The van der Waals surface area contributed by atoms with E-state index in [4.69, 9.17) is 70.0 Å². The summed E-state index contributed by atoms with van der Waals surface area (Å²) in [6.45, 7) is 20.9. The SMILES string of the molecule is C1CCOC1.C=C(CC(=O)OCC)OCC.CC#N.CCCCCCCCCCCCCCOC(=O)c1ccc(OC)c(N)c1.CCCCCCCCCCCCCCOC(=O)c1ccc(OC)c(NC(=O)Cc2nc3ccccc3c(=O)n2N(C)C)c1.CCOC(=O)Cc1nc2ccccc2c(=O)n1N(C)C.CCOC(=O)Cc1nc2ccccc2c(=O)o1.CN(C)N.Nc1ccccc1C(=O)O. The Labute approximate surface area is 819 Å². The molecule has 4 heterocycles. The lowest BCUT2D eigenvalue weighted by atomic mass is 10.1. The first-order valence-corrected chi connectivity index (χ1v) is 48.0.